The second-order valence-electron chi connectivity index (χ2n) is 12.3. The normalized spacial score (nSPS) is 13.0. The van der Waals surface area contributed by atoms with Gasteiger partial charge >= 0.3 is 0 Å². The van der Waals surface area contributed by atoms with Crippen LogP contribution in [0.3, 0.4) is 0 Å². The van der Waals surface area contributed by atoms with E-state index in [1.54, 1.807) is 45.0 Å². The zero-order chi connectivity index (χ0) is 33.6. The van der Waals surface area contributed by atoms with Crippen LogP contribution < -0.4 is 9.47 Å². The Morgan fingerprint density at radius 3 is 1.40 bits per heavy atom. The lowest BCUT2D eigenvalue weighted by Gasteiger charge is -2.23. The molecule has 4 aromatic carbocycles. The van der Waals surface area contributed by atoms with Crippen molar-refractivity contribution in [1.82, 2.24) is 0 Å². The molecule has 0 heterocycles. The van der Waals surface area contributed by atoms with E-state index >= 15 is 0 Å². The number of rotatable bonds is 8. The van der Waals surface area contributed by atoms with Crippen LogP contribution in [0.4, 0.5) is 0 Å². The molecule has 0 saturated carbocycles. The minimum atomic E-state index is -4.99. The van der Waals surface area contributed by atoms with Crippen molar-refractivity contribution in [1.29, 1.82) is 0 Å². The molecular weight excluding hydrogens is 641 g/mol. The molecule has 0 aliphatic rings. The predicted molar refractivity (Wildman–Crippen MR) is 169 cm³/mol. The van der Waals surface area contributed by atoms with E-state index in [4.69, 9.17) is 9.47 Å². The van der Waals surface area contributed by atoms with Gasteiger partial charge < -0.3 is 9.47 Å². The Kier molecular flexibility index (Phi) is 9.01. The zero-order valence-electron chi connectivity index (χ0n) is 25.5. The van der Waals surface area contributed by atoms with Crippen molar-refractivity contribution in [3.8, 4) is 28.4 Å². The number of ether oxygens (including phenoxy) is 2. The van der Waals surface area contributed by atoms with Crippen molar-refractivity contribution in [2.24, 2.45) is 0 Å². The van der Waals surface area contributed by atoms with Crippen LogP contribution in [0.15, 0.2) is 105 Å². The molecule has 0 spiro atoms. The Balaban J connectivity index is 1.68. The van der Waals surface area contributed by atoms with Crippen molar-refractivity contribution >= 4 is 30.1 Å². The molecule has 0 bridgehead atoms. The Labute approximate surface area is 264 Å². The van der Waals surface area contributed by atoms with Crippen molar-refractivity contribution in [2.75, 3.05) is 0 Å². The molecule has 0 radical (unpaired) electrons. The highest BCUT2D eigenvalue weighted by molar-refractivity contribution is 7.91. The molecule has 2 N–H and O–H groups in total. The maximum absolute atomic E-state index is 13.5. The first-order valence-electron chi connectivity index (χ1n) is 13.6. The summed E-state index contributed by atoms with van der Waals surface area (Å²) in [4.78, 5) is -2.77. The summed E-state index contributed by atoms with van der Waals surface area (Å²) in [5.74, 6) is -0.400. The fourth-order valence-corrected chi connectivity index (χ4v) is 7.10. The van der Waals surface area contributed by atoms with Gasteiger partial charge in [0.25, 0.3) is 20.2 Å². The summed E-state index contributed by atoms with van der Waals surface area (Å²) in [6.45, 7) is 11.3. The van der Waals surface area contributed by atoms with Gasteiger partial charge in [-0.05, 0) is 91.4 Å². The van der Waals surface area contributed by atoms with E-state index < -0.39 is 55.3 Å². The van der Waals surface area contributed by atoms with Crippen molar-refractivity contribution in [2.45, 2.75) is 72.1 Å². The van der Waals surface area contributed by atoms with E-state index in [1.165, 1.54) is 5.56 Å². The Bertz CT molecular complexity index is 2050. The van der Waals surface area contributed by atoms with Crippen LogP contribution >= 0.6 is 0 Å². The molecule has 0 fully saturated rings. The summed E-state index contributed by atoms with van der Waals surface area (Å²) < 4.78 is 107. The average molecular weight is 675 g/mol. The van der Waals surface area contributed by atoms with Crippen molar-refractivity contribution in [3.05, 3.63) is 90.5 Å². The molecule has 0 saturated heterocycles. The monoisotopic (exact) mass is 674 g/mol. The molecule has 0 atom stereocenters. The predicted octanol–water partition coefficient (Wildman–Crippen LogP) is 6.95. The van der Waals surface area contributed by atoms with Gasteiger partial charge in [0.05, 0.1) is 9.79 Å². The van der Waals surface area contributed by atoms with E-state index in [0.29, 0.717) is 12.1 Å². The molecule has 0 aliphatic heterocycles. The fraction of sp³-hybridized carbons (Fsp3) is 0.250. The first-order chi connectivity index (χ1) is 20.6. The minimum absolute atomic E-state index is 0.00451. The minimum Gasteiger partial charge on any atom is -0.487 e. The van der Waals surface area contributed by atoms with E-state index in [9.17, 15) is 34.4 Å². The summed E-state index contributed by atoms with van der Waals surface area (Å²) in [5.41, 5.74) is 2.14. The SMILES string of the molecule is CC(C)(C)Oc1ccc(S(=O)(=O)c2ccc(Oc3ccc(-c4ccc(C(C)(C)C)cc4)cc3)c(S(=O)(=O)O)c2)cc1S(=O)(=O)O. The average Bonchev–Trinajstić information content (AvgIpc) is 2.91. The van der Waals surface area contributed by atoms with Gasteiger partial charge in [0.15, 0.2) is 0 Å². The first kappa shape index (κ1) is 34.1. The molecule has 4 aromatic rings. The van der Waals surface area contributed by atoms with E-state index in [2.05, 4.69) is 20.8 Å². The Hall–Kier alpha value is -3.75. The highest BCUT2D eigenvalue weighted by Gasteiger charge is 2.28. The third-order valence-corrected chi connectivity index (χ3v) is 10.1. The topological polar surface area (TPSA) is 161 Å². The lowest BCUT2D eigenvalue weighted by atomic mass is 9.86. The maximum atomic E-state index is 13.5. The zero-order valence-corrected chi connectivity index (χ0v) is 27.9. The van der Waals surface area contributed by atoms with Crippen LogP contribution in [-0.2, 0) is 35.5 Å². The summed E-state index contributed by atoms with van der Waals surface area (Å²) in [5, 5.41) is 0. The summed E-state index contributed by atoms with van der Waals surface area (Å²) in [6.07, 6.45) is 0. The molecule has 10 nitrogen and oxygen atoms in total. The summed E-state index contributed by atoms with van der Waals surface area (Å²) in [6, 6.07) is 20.5. The summed E-state index contributed by atoms with van der Waals surface area (Å²) >= 11 is 0. The Morgan fingerprint density at radius 1 is 0.556 bits per heavy atom. The van der Waals surface area contributed by atoms with Gasteiger partial charge in [-0.1, -0.05) is 57.2 Å². The van der Waals surface area contributed by atoms with Gasteiger partial charge in [0.1, 0.15) is 32.6 Å². The largest absolute Gasteiger partial charge is 0.487 e. The highest BCUT2D eigenvalue weighted by Crippen LogP contribution is 2.36. The van der Waals surface area contributed by atoms with Gasteiger partial charge in [-0.25, -0.2) is 8.42 Å². The van der Waals surface area contributed by atoms with Crippen LogP contribution in [-0.4, -0.2) is 40.0 Å². The number of hydrogen-bond donors (Lipinski definition) is 2. The van der Waals surface area contributed by atoms with E-state index in [-0.39, 0.29) is 22.7 Å². The second-order valence-corrected chi connectivity index (χ2v) is 17.1. The smallest absolute Gasteiger partial charge is 0.298 e. The lowest BCUT2D eigenvalue weighted by Crippen LogP contribution is -2.24. The number of sulfone groups is 1. The molecular formula is C32H34O10S3. The van der Waals surface area contributed by atoms with Crippen molar-refractivity contribution < 1.29 is 43.8 Å². The molecule has 45 heavy (non-hydrogen) atoms. The van der Waals surface area contributed by atoms with Gasteiger partial charge in [-0.2, -0.15) is 16.8 Å². The second kappa shape index (κ2) is 11.9. The van der Waals surface area contributed by atoms with E-state index in [1.807, 2.05) is 24.3 Å². The van der Waals surface area contributed by atoms with Crippen LogP contribution in [0.25, 0.3) is 11.1 Å². The lowest BCUT2D eigenvalue weighted by molar-refractivity contribution is 0.126. The molecule has 240 valence electrons. The Morgan fingerprint density at radius 2 is 0.978 bits per heavy atom. The molecule has 4 rings (SSSR count). The molecule has 0 amide bonds. The molecule has 13 heteroatoms. The quantitative estimate of drug-likeness (QED) is 0.187. The maximum Gasteiger partial charge on any atom is 0.298 e. The van der Waals surface area contributed by atoms with Crippen molar-refractivity contribution in [3.63, 3.8) is 0 Å². The van der Waals surface area contributed by atoms with Gasteiger partial charge in [0.2, 0.25) is 9.84 Å². The number of benzene rings is 4. The molecule has 0 aliphatic carbocycles. The van der Waals surface area contributed by atoms with Crippen LogP contribution in [0, 0.1) is 0 Å². The van der Waals surface area contributed by atoms with Gasteiger partial charge in [-0.3, -0.25) is 9.11 Å². The molecule has 0 unspecified atom stereocenters. The van der Waals surface area contributed by atoms with Crippen LogP contribution in [0.5, 0.6) is 17.2 Å². The summed E-state index contributed by atoms with van der Waals surface area (Å²) in [7, 11) is -14.5. The number of hydrogen-bond acceptors (Lipinski definition) is 8. The third-order valence-electron chi connectivity index (χ3n) is 6.59. The fourth-order valence-electron chi connectivity index (χ4n) is 4.35. The van der Waals surface area contributed by atoms with Crippen LogP contribution in [0.1, 0.15) is 47.1 Å². The highest BCUT2D eigenvalue weighted by atomic mass is 32.2. The van der Waals surface area contributed by atoms with Gasteiger partial charge in [0, 0.05) is 0 Å². The standard InChI is InChI=1S/C32H34O10S3/c1-31(2,3)23-11-7-21(8-12-23)22-9-13-24(14-10-22)41-27-17-15-25(19-29(27)44(35,36)37)43(33,34)26-16-18-28(42-32(4,5)6)30(20-26)45(38,39)40/h7-20H,1-6H3,(H,35,36,37)(H,38,39,40). The first-order valence-corrected chi connectivity index (χ1v) is 18.0. The van der Waals surface area contributed by atoms with E-state index in [0.717, 1.165) is 35.4 Å². The third kappa shape index (κ3) is 8.10. The molecule has 0 aromatic heterocycles. The van der Waals surface area contributed by atoms with Gasteiger partial charge in [-0.15, -0.1) is 0 Å². The van der Waals surface area contributed by atoms with Crippen LogP contribution in [0.2, 0.25) is 0 Å².